The molecule has 30 heavy (non-hydrogen) atoms. The SMILES string of the molecule is CCc1nnc(-c2cnc(NCC3CCO3)c([N+](=O)[O-])c2)n1COCC[Si](C)(C)C. The zero-order chi connectivity index (χ0) is 21.7. The van der Waals surface area contributed by atoms with Gasteiger partial charge in [0.15, 0.2) is 5.82 Å². The van der Waals surface area contributed by atoms with Gasteiger partial charge in [-0.25, -0.2) is 4.98 Å². The first-order valence-corrected chi connectivity index (χ1v) is 14.0. The van der Waals surface area contributed by atoms with Gasteiger partial charge in [-0.1, -0.05) is 26.6 Å². The highest BCUT2D eigenvalue weighted by atomic mass is 28.3. The number of nitrogens with zero attached hydrogens (tertiary/aromatic N) is 5. The number of anilines is 1. The first kappa shape index (κ1) is 22.3. The fourth-order valence-electron chi connectivity index (χ4n) is 2.99. The molecule has 0 saturated carbocycles. The van der Waals surface area contributed by atoms with Crippen LogP contribution in [0.3, 0.4) is 0 Å². The minimum Gasteiger partial charge on any atom is -0.376 e. The Balaban J connectivity index is 1.79. The van der Waals surface area contributed by atoms with Crippen molar-refractivity contribution in [1.29, 1.82) is 0 Å². The van der Waals surface area contributed by atoms with Crippen molar-refractivity contribution in [2.24, 2.45) is 0 Å². The number of hydrogen-bond acceptors (Lipinski definition) is 8. The molecule has 0 amide bonds. The number of nitro groups is 1. The van der Waals surface area contributed by atoms with E-state index in [2.05, 4.69) is 40.1 Å². The van der Waals surface area contributed by atoms with Gasteiger partial charge in [0.2, 0.25) is 5.82 Å². The zero-order valence-corrected chi connectivity index (χ0v) is 19.1. The third-order valence-corrected chi connectivity index (χ3v) is 6.68. The van der Waals surface area contributed by atoms with Gasteiger partial charge in [-0.15, -0.1) is 10.2 Å². The first-order chi connectivity index (χ1) is 14.3. The molecule has 1 unspecified atom stereocenters. The maximum atomic E-state index is 11.6. The third-order valence-electron chi connectivity index (χ3n) is 4.97. The van der Waals surface area contributed by atoms with Gasteiger partial charge in [0.1, 0.15) is 12.6 Å². The van der Waals surface area contributed by atoms with Gasteiger partial charge in [0.05, 0.1) is 11.0 Å². The predicted octanol–water partition coefficient (Wildman–Crippen LogP) is 3.32. The van der Waals surface area contributed by atoms with Crippen LogP contribution in [-0.2, 0) is 22.6 Å². The molecule has 10 nitrogen and oxygen atoms in total. The van der Waals surface area contributed by atoms with Crippen molar-refractivity contribution in [3.63, 3.8) is 0 Å². The highest BCUT2D eigenvalue weighted by Crippen LogP contribution is 2.28. The lowest BCUT2D eigenvalue weighted by atomic mass is 10.2. The summed E-state index contributed by atoms with van der Waals surface area (Å²) in [5, 5.41) is 23.1. The lowest BCUT2D eigenvalue weighted by Crippen LogP contribution is -2.33. The second-order valence-electron chi connectivity index (χ2n) is 8.58. The molecule has 11 heteroatoms. The Morgan fingerprint density at radius 1 is 1.40 bits per heavy atom. The van der Waals surface area contributed by atoms with Crippen LogP contribution in [0, 0.1) is 10.1 Å². The number of ether oxygens (including phenoxy) is 2. The van der Waals surface area contributed by atoms with E-state index in [1.54, 1.807) is 6.20 Å². The van der Waals surface area contributed by atoms with Crippen molar-refractivity contribution in [2.75, 3.05) is 25.1 Å². The smallest absolute Gasteiger partial charge is 0.312 e. The van der Waals surface area contributed by atoms with Crippen LogP contribution >= 0.6 is 0 Å². The molecule has 1 aliphatic heterocycles. The fraction of sp³-hybridized carbons (Fsp3) is 0.632. The van der Waals surface area contributed by atoms with Crippen LogP contribution in [0.15, 0.2) is 12.3 Å². The monoisotopic (exact) mass is 434 g/mol. The van der Waals surface area contributed by atoms with Gasteiger partial charge in [-0.05, 0) is 12.5 Å². The lowest BCUT2D eigenvalue weighted by molar-refractivity contribution is -0.384. The topological polar surface area (TPSA) is 117 Å². The molecule has 0 aliphatic carbocycles. The van der Waals surface area contributed by atoms with Crippen molar-refractivity contribution in [1.82, 2.24) is 19.7 Å². The quantitative estimate of drug-likeness (QED) is 0.248. The van der Waals surface area contributed by atoms with E-state index in [1.807, 2.05) is 11.5 Å². The fourth-order valence-corrected chi connectivity index (χ4v) is 3.74. The van der Waals surface area contributed by atoms with E-state index in [-0.39, 0.29) is 17.6 Å². The van der Waals surface area contributed by atoms with Gasteiger partial charge >= 0.3 is 5.69 Å². The third kappa shape index (κ3) is 5.61. The number of aromatic nitrogens is 4. The van der Waals surface area contributed by atoms with E-state index < -0.39 is 13.0 Å². The highest BCUT2D eigenvalue weighted by molar-refractivity contribution is 6.76. The summed E-state index contributed by atoms with van der Waals surface area (Å²) in [4.78, 5) is 15.5. The standard InChI is InChI=1S/C19H30N6O4Si/c1-5-17-22-23-19(24(17)13-28-8-9-30(2,3)4)14-10-16(25(26)27)18(20-11-14)21-12-15-6-7-29-15/h10-11,15H,5-9,12-13H2,1-4H3,(H,20,21). The van der Waals surface area contributed by atoms with E-state index in [0.717, 1.165) is 24.9 Å². The van der Waals surface area contributed by atoms with Crippen molar-refractivity contribution in [3.05, 3.63) is 28.2 Å². The molecule has 2 aromatic heterocycles. The largest absolute Gasteiger partial charge is 0.376 e. The summed E-state index contributed by atoms with van der Waals surface area (Å²) < 4.78 is 13.1. The van der Waals surface area contributed by atoms with Gasteiger partial charge < -0.3 is 14.8 Å². The summed E-state index contributed by atoms with van der Waals surface area (Å²) in [5.41, 5.74) is 0.437. The molecule has 0 bridgehead atoms. The van der Waals surface area contributed by atoms with Crippen LogP contribution < -0.4 is 5.32 Å². The Morgan fingerprint density at radius 2 is 2.17 bits per heavy atom. The van der Waals surface area contributed by atoms with Gasteiger partial charge in [-0.2, -0.15) is 0 Å². The average Bonchev–Trinajstić information content (AvgIpc) is 3.06. The Bertz CT molecular complexity index is 878. The molecule has 1 atom stereocenters. The molecule has 3 heterocycles. The van der Waals surface area contributed by atoms with Crippen LogP contribution in [0.4, 0.5) is 11.5 Å². The minimum absolute atomic E-state index is 0.0783. The van der Waals surface area contributed by atoms with Crippen LogP contribution in [-0.4, -0.2) is 58.6 Å². The van der Waals surface area contributed by atoms with Crippen molar-refractivity contribution >= 4 is 19.6 Å². The summed E-state index contributed by atoms with van der Waals surface area (Å²) in [5.74, 6) is 1.52. The molecule has 1 fully saturated rings. The maximum absolute atomic E-state index is 11.6. The van der Waals surface area contributed by atoms with Crippen LogP contribution in [0.2, 0.25) is 25.7 Å². The molecule has 3 rings (SSSR count). The van der Waals surface area contributed by atoms with E-state index in [9.17, 15) is 10.1 Å². The van der Waals surface area contributed by atoms with Crippen molar-refractivity contribution < 1.29 is 14.4 Å². The molecule has 1 N–H and O–H groups in total. The van der Waals surface area contributed by atoms with E-state index >= 15 is 0 Å². The minimum atomic E-state index is -1.19. The molecule has 1 saturated heterocycles. The second-order valence-corrected chi connectivity index (χ2v) is 14.2. The molecule has 164 valence electrons. The van der Waals surface area contributed by atoms with Crippen LogP contribution in [0.5, 0.6) is 0 Å². The molecule has 0 spiro atoms. The summed E-state index contributed by atoms with van der Waals surface area (Å²) >= 11 is 0. The van der Waals surface area contributed by atoms with E-state index in [1.165, 1.54) is 6.07 Å². The Hall–Kier alpha value is -2.37. The predicted molar refractivity (Wildman–Crippen MR) is 116 cm³/mol. The number of pyridine rings is 1. The molecular formula is C19H30N6O4Si. The van der Waals surface area contributed by atoms with E-state index in [0.29, 0.717) is 37.7 Å². The normalized spacial score (nSPS) is 16.3. The second kappa shape index (κ2) is 9.62. The molecule has 0 radical (unpaired) electrons. The maximum Gasteiger partial charge on any atom is 0.312 e. The zero-order valence-electron chi connectivity index (χ0n) is 18.1. The number of aryl methyl sites for hydroxylation is 1. The molecule has 2 aromatic rings. The Kier molecular flexibility index (Phi) is 7.16. The molecule has 1 aliphatic rings. The van der Waals surface area contributed by atoms with Gasteiger partial charge in [0, 0.05) is 52.1 Å². The summed E-state index contributed by atoms with van der Waals surface area (Å²) in [6, 6.07) is 2.54. The summed E-state index contributed by atoms with van der Waals surface area (Å²) in [6.45, 7) is 11.1. The number of hydrogen-bond donors (Lipinski definition) is 1. The Morgan fingerprint density at radius 3 is 2.77 bits per heavy atom. The molecule has 0 aromatic carbocycles. The van der Waals surface area contributed by atoms with Crippen LogP contribution in [0.25, 0.3) is 11.4 Å². The van der Waals surface area contributed by atoms with Gasteiger partial charge in [-0.3, -0.25) is 14.7 Å². The van der Waals surface area contributed by atoms with Crippen LogP contribution in [0.1, 0.15) is 19.2 Å². The first-order valence-electron chi connectivity index (χ1n) is 10.3. The highest BCUT2D eigenvalue weighted by Gasteiger charge is 2.23. The van der Waals surface area contributed by atoms with Gasteiger partial charge in [0.25, 0.3) is 0 Å². The summed E-state index contributed by atoms with van der Waals surface area (Å²) in [7, 11) is -1.19. The number of rotatable bonds is 11. The summed E-state index contributed by atoms with van der Waals surface area (Å²) in [6.07, 6.45) is 3.29. The van der Waals surface area contributed by atoms with Crippen molar-refractivity contribution in [2.45, 2.75) is 58.3 Å². The molecular weight excluding hydrogens is 404 g/mol. The number of nitrogens with one attached hydrogen (secondary N) is 1. The Labute approximate surface area is 177 Å². The average molecular weight is 435 g/mol. The van der Waals surface area contributed by atoms with E-state index in [4.69, 9.17) is 9.47 Å². The lowest BCUT2D eigenvalue weighted by Gasteiger charge is -2.26. The van der Waals surface area contributed by atoms with Crippen molar-refractivity contribution in [3.8, 4) is 11.4 Å².